The Morgan fingerprint density at radius 1 is 1.67 bits per heavy atom. The summed E-state index contributed by atoms with van der Waals surface area (Å²) in [6.07, 6.45) is 1.99. The number of anilines is 1. The van der Waals surface area contributed by atoms with Crippen LogP contribution < -0.4 is 11.1 Å². The van der Waals surface area contributed by atoms with E-state index in [2.05, 4.69) is 15.3 Å². The maximum absolute atomic E-state index is 11.6. The van der Waals surface area contributed by atoms with Gasteiger partial charge in [0.2, 0.25) is 5.91 Å². The number of nitrogens with two attached hydrogens (primary N) is 1. The molecule has 1 aromatic rings. The van der Waals surface area contributed by atoms with Crippen LogP contribution in [-0.4, -0.2) is 22.4 Å². The first kappa shape index (κ1) is 11.9. The van der Waals surface area contributed by atoms with Gasteiger partial charge in [0.05, 0.1) is 5.92 Å². The van der Waals surface area contributed by atoms with Gasteiger partial charge in [-0.05, 0) is 6.42 Å². The predicted octanol–water partition coefficient (Wildman–Crippen LogP) is 1.05. The minimum Gasteiger partial charge on any atom is -0.330 e. The minimum absolute atomic E-state index is 0.144. The Balaban J connectivity index is 2.65. The summed E-state index contributed by atoms with van der Waals surface area (Å²) in [6.45, 7) is 2.23. The van der Waals surface area contributed by atoms with Gasteiger partial charge in [-0.2, -0.15) is 0 Å². The Kier molecular flexibility index (Phi) is 4.45. The summed E-state index contributed by atoms with van der Waals surface area (Å²) < 4.78 is 0. The van der Waals surface area contributed by atoms with Crippen molar-refractivity contribution in [3.8, 4) is 0 Å². The summed E-state index contributed by atoms with van der Waals surface area (Å²) >= 11 is 5.65. The van der Waals surface area contributed by atoms with Gasteiger partial charge in [-0.15, -0.1) is 0 Å². The van der Waals surface area contributed by atoms with Crippen LogP contribution in [0.15, 0.2) is 12.4 Å². The van der Waals surface area contributed by atoms with Crippen molar-refractivity contribution in [1.29, 1.82) is 0 Å². The van der Waals surface area contributed by atoms with Crippen LogP contribution in [0, 0.1) is 5.92 Å². The standard InChI is InChI=1S/C9H13ClN4O/c1-2-6(4-11)9(15)14-8-3-7(10)12-5-13-8/h3,5-6H,2,4,11H2,1H3,(H,12,13,14,15). The van der Waals surface area contributed by atoms with E-state index in [1.54, 1.807) is 0 Å². The van der Waals surface area contributed by atoms with E-state index in [9.17, 15) is 4.79 Å². The van der Waals surface area contributed by atoms with Crippen LogP contribution in [0.5, 0.6) is 0 Å². The molecule has 0 radical (unpaired) electrons. The Morgan fingerprint density at radius 2 is 2.40 bits per heavy atom. The quantitative estimate of drug-likeness (QED) is 0.755. The lowest BCUT2D eigenvalue weighted by Gasteiger charge is -2.11. The third kappa shape index (κ3) is 3.45. The molecule has 0 aliphatic carbocycles. The third-order valence-corrected chi connectivity index (χ3v) is 2.24. The first-order valence-electron chi connectivity index (χ1n) is 4.65. The summed E-state index contributed by atoms with van der Waals surface area (Å²) in [5, 5.41) is 2.92. The van der Waals surface area contributed by atoms with Crippen molar-refractivity contribution >= 4 is 23.3 Å². The Morgan fingerprint density at radius 3 is 2.93 bits per heavy atom. The van der Waals surface area contributed by atoms with Crippen molar-refractivity contribution in [3.05, 3.63) is 17.5 Å². The maximum atomic E-state index is 11.6. The van der Waals surface area contributed by atoms with Crippen LogP contribution in [-0.2, 0) is 4.79 Å². The highest BCUT2D eigenvalue weighted by Crippen LogP contribution is 2.10. The summed E-state index contributed by atoms with van der Waals surface area (Å²) in [6, 6.07) is 1.49. The zero-order valence-corrected chi connectivity index (χ0v) is 9.16. The van der Waals surface area contributed by atoms with Gasteiger partial charge < -0.3 is 11.1 Å². The van der Waals surface area contributed by atoms with E-state index >= 15 is 0 Å². The van der Waals surface area contributed by atoms with E-state index in [1.165, 1.54) is 12.4 Å². The molecule has 1 amide bonds. The maximum Gasteiger partial charge on any atom is 0.229 e. The molecular formula is C9H13ClN4O. The molecule has 1 heterocycles. The molecule has 1 rings (SSSR count). The van der Waals surface area contributed by atoms with Crippen LogP contribution in [0.2, 0.25) is 5.15 Å². The number of amides is 1. The van der Waals surface area contributed by atoms with Gasteiger partial charge in [0.1, 0.15) is 17.3 Å². The Hall–Kier alpha value is -1.20. The highest BCUT2D eigenvalue weighted by molar-refractivity contribution is 6.29. The van der Waals surface area contributed by atoms with Crippen LogP contribution in [0.25, 0.3) is 0 Å². The number of carbonyl (C=O) groups is 1. The van der Waals surface area contributed by atoms with Gasteiger partial charge in [0, 0.05) is 12.6 Å². The van der Waals surface area contributed by atoms with E-state index in [4.69, 9.17) is 17.3 Å². The van der Waals surface area contributed by atoms with Crippen molar-refractivity contribution < 1.29 is 4.79 Å². The number of nitrogens with zero attached hydrogens (tertiary/aromatic N) is 2. The van der Waals surface area contributed by atoms with Crippen molar-refractivity contribution in [2.45, 2.75) is 13.3 Å². The molecule has 1 unspecified atom stereocenters. The van der Waals surface area contributed by atoms with E-state index < -0.39 is 0 Å². The molecule has 5 nitrogen and oxygen atoms in total. The van der Waals surface area contributed by atoms with Crippen LogP contribution in [0.3, 0.4) is 0 Å². The van der Waals surface area contributed by atoms with Crippen molar-refractivity contribution in [1.82, 2.24) is 9.97 Å². The summed E-state index contributed by atoms with van der Waals surface area (Å²) in [5.74, 6) is 0.0559. The number of aromatic nitrogens is 2. The molecule has 0 spiro atoms. The lowest BCUT2D eigenvalue weighted by Crippen LogP contribution is -2.28. The largest absolute Gasteiger partial charge is 0.330 e. The van der Waals surface area contributed by atoms with Gasteiger partial charge in [0.25, 0.3) is 0 Å². The Bertz CT molecular complexity index is 341. The van der Waals surface area contributed by atoms with Crippen LogP contribution in [0.4, 0.5) is 5.82 Å². The van der Waals surface area contributed by atoms with Crippen LogP contribution in [0.1, 0.15) is 13.3 Å². The van der Waals surface area contributed by atoms with Crippen LogP contribution >= 0.6 is 11.6 Å². The summed E-state index contributed by atoms with van der Waals surface area (Å²) in [5.41, 5.74) is 5.45. The fraction of sp³-hybridized carbons (Fsp3) is 0.444. The molecule has 3 N–H and O–H groups in total. The molecule has 0 saturated carbocycles. The predicted molar refractivity (Wildman–Crippen MR) is 58.5 cm³/mol. The lowest BCUT2D eigenvalue weighted by atomic mass is 10.1. The highest BCUT2D eigenvalue weighted by atomic mass is 35.5. The van der Waals surface area contributed by atoms with E-state index in [1.807, 2.05) is 6.92 Å². The zero-order valence-electron chi connectivity index (χ0n) is 8.40. The minimum atomic E-state index is -0.196. The normalized spacial score (nSPS) is 12.2. The lowest BCUT2D eigenvalue weighted by molar-refractivity contribution is -0.119. The number of hydrogen-bond donors (Lipinski definition) is 2. The average Bonchev–Trinajstić information content (AvgIpc) is 2.19. The SMILES string of the molecule is CCC(CN)C(=O)Nc1cc(Cl)ncn1. The monoisotopic (exact) mass is 228 g/mol. The first-order chi connectivity index (χ1) is 7.17. The first-order valence-corrected chi connectivity index (χ1v) is 5.03. The number of hydrogen-bond acceptors (Lipinski definition) is 4. The molecule has 15 heavy (non-hydrogen) atoms. The summed E-state index contributed by atoms with van der Waals surface area (Å²) in [4.78, 5) is 19.2. The van der Waals surface area contributed by atoms with Gasteiger partial charge in [-0.1, -0.05) is 18.5 Å². The highest BCUT2D eigenvalue weighted by Gasteiger charge is 2.14. The molecular weight excluding hydrogens is 216 g/mol. The molecule has 0 saturated heterocycles. The second kappa shape index (κ2) is 5.63. The molecule has 0 aliphatic rings. The number of halogens is 1. The smallest absolute Gasteiger partial charge is 0.229 e. The third-order valence-electron chi connectivity index (χ3n) is 2.03. The van der Waals surface area contributed by atoms with E-state index in [0.29, 0.717) is 23.9 Å². The van der Waals surface area contributed by atoms with Gasteiger partial charge in [0.15, 0.2) is 0 Å². The summed E-state index contributed by atoms with van der Waals surface area (Å²) in [7, 11) is 0. The van der Waals surface area contributed by atoms with Crippen molar-refractivity contribution in [3.63, 3.8) is 0 Å². The van der Waals surface area contributed by atoms with Crippen molar-refractivity contribution in [2.24, 2.45) is 11.7 Å². The van der Waals surface area contributed by atoms with Crippen molar-refractivity contribution in [2.75, 3.05) is 11.9 Å². The average molecular weight is 229 g/mol. The fourth-order valence-corrected chi connectivity index (χ4v) is 1.24. The molecule has 0 aromatic carbocycles. The number of nitrogens with one attached hydrogen (secondary N) is 1. The van der Waals surface area contributed by atoms with Gasteiger partial charge in [-0.25, -0.2) is 9.97 Å². The van der Waals surface area contributed by atoms with Gasteiger partial charge >= 0.3 is 0 Å². The number of carbonyl (C=O) groups excluding carboxylic acids is 1. The number of rotatable bonds is 4. The van der Waals surface area contributed by atoms with Gasteiger partial charge in [-0.3, -0.25) is 4.79 Å². The molecule has 1 aromatic heterocycles. The molecule has 0 aliphatic heterocycles. The Labute approximate surface area is 93.0 Å². The fourth-order valence-electron chi connectivity index (χ4n) is 1.09. The second-order valence-electron chi connectivity index (χ2n) is 3.06. The molecule has 6 heteroatoms. The molecule has 82 valence electrons. The molecule has 0 bridgehead atoms. The molecule has 0 fully saturated rings. The zero-order chi connectivity index (χ0) is 11.3. The topological polar surface area (TPSA) is 80.9 Å². The van der Waals surface area contributed by atoms with E-state index in [-0.39, 0.29) is 11.8 Å². The van der Waals surface area contributed by atoms with E-state index in [0.717, 1.165) is 0 Å². The second-order valence-corrected chi connectivity index (χ2v) is 3.44. The molecule has 1 atom stereocenters.